The molecule has 0 unspecified atom stereocenters. The number of carboxylic acids is 2. The number of hydrogen-bond acceptors (Lipinski definition) is 10. The minimum Gasteiger partial charge on any atom is -0.542 e. The van der Waals surface area contributed by atoms with Gasteiger partial charge in [-0.15, -0.1) is 0 Å². The number of hydrogen-bond donors (Lipinski definition) is 2. The summed E-state index contributed by atoms with van der Waals surface area (Å²) in [5, 5.41) is 41.4. The van der Waals surface area contributed by atoms with Crippen molar-refractivity contribution in [1.29, 1.82) is 0 Å². The van der Waals surface area contributed by atoms with Crippen molar-refractivity contribution >= 4 is 23.9 Å². The highest BCUT2D eigenvalue weighted by molar-refractivity contribution is 5.82. The first-order chi connectivity index (χ1) is 38.1. The van der Waals surface area contributed by atoms with Crippen LogP contribution in [0.3, 0.4) is 0 Å². The molecular formula is C62H76F6N2O10. The molecule has 80 heavy (non-hydrogen) atoms. The van der Waals surface area contributed by atoms with E-state index in [0.29, 0.717) is 23.0 Å². The van der Waals surface area contributed by atoms with Crippen LogP contribution in [0.1, 0.15) is 112 Å². The maximum Gasteiger partial charge on any atom is 0.430 e. The van der Waals surface area contributed by atoms with E-state index in [1.54, 1.807) is 0 Å². The number of halogens is 6. The van der Waals surface area contributed by atoms with E-state index in [1.165, 1.54) is 50.1 Å². The first kappa shape index (κ1) is 61.8. The van der Waals surface area contributed by atoms with Gasteiger partial charge in [-0.25, -0.2) is 9.59 Å². The molecule has 12 nitrogen and oxygen atoms in total. The summed E-state index contributed by atoms with van der Waals surface area (Å²) in [4.78, 5) is 45.0. The second kappa shape index (κ2) is 27.3. The third-order valence-corrected chi connectivity index (χ3v) is 17.9. The number of carboxylic acid groups (broad SMARTS) is 2. The predicted molar refractivity (Wildman–Crippen MR) is 281 cm³/mol. The van der Waals surface area contributed by atoms with Gasteiger partial charge in [-0.2, -0.15) is 26.3 Å². The molecule has 0 amide bonds. The zero-order valence-electron chi connectivity index (χ0n) is 45.3. The largest absolute Gasteiger partial charge is 0.542 e. The fraction of sp³-hybridized carbons (Fsp3) is 0.548. The Kier molecular flexibility index (Phi) is 21.1. The Hall–Kier alpha value is -5.82. The second-order valence-corrected chi connectivity index (χ2v) is 22.9. The summed E-state index contributed by atoms with van der Waals surface area (Å²) in [6, 6.07) is 40.5. The molecule has 8 aliphatic rings. The van der Waals surface area contributed by atoms with E-state index in [2.05, 4.69) is 60.7 Å². The average molecular weight is 1120 g/mol. The van der Waals surface area contributed by atoms with E-state index < -0.39 is 47.4 Å². The molecule has 8 fully saturated rings. The molecule has 0 spiro atoms. The molecule has 18 heteroatoms. The van der Waals surface area contributed by atoms with Crippen LogP contribution in [0.25, 0.3) is 0 Å². The van der Waals surface area contributed by atoms with Crippen LogP contribution in [0.15, 0.2) is 121 Å². The molecule has 2 N–H and O–H groups in total. The van der Waals surface area contributed by atoms with Crippen molar-refractivity contribution in [3.05, 3.63) is 144 Å². The van der Waals surface area contributed by atoms with Gasteiger partial charge in [0.25, 0.3) is 0 Å². The molecule has 6 saturated heterocycles. The number of carbonyl (C=O) groups is 4. The Labute approximate surface area is 464 Å². The molecule has 0 radical (unpaired) electrons. The third kappa shape index (κ3) is 15.8. The monoisotopic (exact) mass is 1120 g/mol. The molecule has 2 saturated carbocycles. The number of benzene rings is 4. The molecule has 2 aliphatic carbocycles. The first-order valence-corrected chi connectivity index (χ1v) is 28.4. The number of ether oxygens (including phenoxy) is 2. The van der Waals surface area contributed by atoms with E-state index in [-0.39, 0.29) is 24.0 Å². The van der Waals surface area contributed by atoms with Crippen molar-refractivity contribution in [3.63, 3.8) is 0 Å². The number of nitrogens with zero attached hydrogens (tertiary/aromatic N) is 2. The van der Waals surface area contributed by atoms with Gasteiger partial charge in [-0.1, -0.05) is 160 Å². The minimum atomic E-state index is -5.19. The SMILES string of the molecule is O=C(O[C@H]1C[N+]2(CCc3ccccc3)CCC1CC2)[C@@](O)(c1ccccc1)C1CCCCC1.O=C(O[C@H]1C[N+]2(CCc3ccccc3)CCC1CC2)[C@@](O)(c1ccccc1)C1CCCCC1.O=C([O-])C(F)(F)F.O=C([O-])C(F)(F)F. The highest BCUT2D eigenvalue weighted by Gasteiger charge is 2.54. The highest BCUT2D eigenvalue weighted by atomic mass is 19.4. The Morgan fingerprint density at radius 3 is 1.00 bits per heavy atom. The number of aliphatic hydroxyl groups is 2. The number of esters is 2. The van der Waals surface area contributed by atoms with Crippen LogP contribution in [0.2, 0.25) is 0 Å². The van der Waals surface area contributed by atoms with Crippen LogP contribution in [0.4, 0.5) is 26.3 Å². The van der Waals surface area contributed by atoms with E-state index in [4.69, 9.17) is 29.3 Å². The number of fused-ring (bicyclic) bond motifs is 6. The van der Waals surface area contributed by atoms with Gasteiger partial charge in [-0.05, 0) is 47.9 Å². The summed E-state index contributed by atoms with van der Waals surface area (Å²) in [5.74, 6) is -6.12. The maximum absolute atomic E-state index is 13.7. The zero-order valence-corrected chi connectivity index (χ0v) is 45.3. The van der Waals surface area contributed by atoms with E-state index in [9.17, 15) is 46.1 Å². The molecule has 12 rings (SSSR count). The number of aliphatic carboxylic acids is 2. The predicted octanol–water partition coefficient (Wildman–Crippen LogP) is 8.30. The highest BCUT2D eigenvalue weighted by Crippen LogP contribution is 2.45. The molecule has 4 aromatic carbocycles. The van der Waals surface area contributed by atoms with Crippen molar-refractivity contribution in [1.82, 2.24) is 0 Å². The lowest BCUT2D eigenvalue weighted by molar-refractivity contribution is -0.946. The van der Waals surface area contributed by atoms with Crippen molar-refractivity contribution in [2.45, 2.75) is 138 Å². The van der Waals surface area contributed by atoms with Crippen LogP contribution in [-0.4, -0.2) is 120 Å². The smallest absolute Gasteiger partial charge is 0.430 e. The van der Waals surface area contributed by atoms with Crippen molar-refractivity contribution in [2.75, 3.05) is 52.4 Å². The second-order valence-electron chi connectivity index (χ2n) is 22.9. The third-order valence-electron chi connectivity index (χ3n) is 17.9. The van der Waals surface area contributed by atoms with Gasteiger partial charge in [0.15, 0.2) is 23.4 Å². The number of piperidine rings is 6. The molecule has 6 aliphatic heterocycles. The summed E-state index contributed by atoms with van der Waals surface area (Å²) in [6.45, 7) is 8.67. The van der Waals surface area contributed by atoms with Gasteiger partial charge in [0, 0.05) is 62.2 Å². The number of carbonyl (C=O) groups excluding carboxylic acids is 4. The number of rotatable bonds is 14. The van der Waals surface area contributed by atoms with E-state index in [0.717, 1.165) is 125 Å². The summed E-state index contributed by atoms with van der Waals surface area (Å²) < 4.78 is 77.7. The quantitative estimate of drug-likeness (QED) is 0.0711. The lowest BCUT2D eigenvalue weighted by atomic mass is 9.73. The lowest BCUT2D eigenvalue weighted by Gasteiger charge is -2.52. The molecule has 4 atom stereocenters. The van der Waals surface area contributed by atoms with Crippen LogP contribution >= 0.6 is 0 Å². The normalized spacial score (nSPS) is 26.2. The number of quaternary nitrogens is 2. The molecule has 6 heterocycles. The average Bonchev–Trinajstić information content (AvgIpc) is 3.55. The summed E-state index contributed by atoms with van der Waals surface area (Å²) in [5.41, 5.74) is 1.06. The fourth-order valence-electron chi connectivity index (χ4n) is 13.3. The van der Waals surface area contributed by atoms with Crippen LogP contribution in [0.5, 0.6) is 0 Å². The van der Waals surface area contributed by atoms with Crippen molar-refractivity contribution < 1.29 is 84.4 Å². The lowest BCUT2D eigenvalue weighted by Crippen LogP contribution is -2.65. The summed E-state index contributed by atoms with van der Waals surface area (Å²) >= 11 is 0. The Morgan fingerprint density at radius 2 is 0.725 bits per heavy atom. The van der Waals surface area contributed by atoms with Crippen LogP contribution < -0.4 is 10.2 Å². The number of alkyl halides is 6. The minimum absolute atomic E-state index is 0.0662. The molecule has 4 aromatic rings. The van der Waals surface area contributed by atoms with Crippen molar-refractivity contribution in [2.24, 2.45) is 23.7 Å². The van der Waals surface area contributed by atoms with Gasteiger partial charge in [0.1, 0.15) is 25.0 Å². The van der Waals surface area contributed by atoms with Gasteiger partial charge < -0.3 is 48.5 Å². The summed E-state index contributed by atoms with van der Waals surface area (Å²) in [7, 11) is 0. The van der Waals surface area contributed by atoms with Crippen molar-refractivity contribution in [3.8, 4) is 0 Å². The Bertz CT molecular complexity index is 2400. The maximum atomic E-state index is 13.7. The Balaban J connectivity index is 0.000000187. The molecule has 0 aromatic heterocycles. The fourth-order valence-corrected chi connectivity index (χ4v) is 13.3. The standard InChI is InChI=1S/2C29H38NO3.2C2HF3O2/c2*31-28(29(32,25-12-6-2-7-13-25)26-14-8-3-9-15-26)33-27-22-30(20-17-24(27)18-21-30)19-16-23-10-4-1-5-11-23;2*3-2(4,5)1(6)7/h2*1-2,4-7,10-13,24,26-27,32H,3,8-9,14-22H2;2*(H,6,7)/q2*+1;;/p-2/t2*24?,27-,29+,30?;;/m00../s1. The topological polar surface area (TPSA) is 173 Å². The van der Waals surface area contributed by atoms with Crippen LogP contribution in [0, 0.1) is 23.7 Å². The molecular weight excluding hydrogens is 1050 g/mol. The summed E-state index contributed by atoms with van der Waals surface area (Å²) in [6.07, 6.45) is 6.16. The molecule has 4 bridgehead atoms. The van der Waals surface area contributed by atoms with E-state index >= 15 is 0 Å². The zero-order chi connectivity index (χ0) is 57.6. The Morgan fingerprint density at radius 1 is 0.450 bits per heavy atom. The van der Waals surface area contributed by atoms with Gasteiger partial charge in [0.05, 0.1) is 39.3 Å². The van der Waals surface area contributed by atoms with Gasteiger partial charge in [0.2, 0.25) is 0 Å². The first-order valence-electron chi connectivity index (χ1n) is 28.4. The van der Waals surface area contributed by atoms with E-state index in [1.807, 2.05) is 60.7 Å². The van der Waals surface area contributed by atoms with Gasteiger partial charge in [-0.3, -0.25) is 0 Å². The van der Waals surface area contributed by atoms with Gasteiger partial charge >= 0.3 is 24.3 Å². The van der Waals surface area contributed by atoms with Crippen LogP contribution in [-0.2, 0) is 52.7 Å². The molecule has 436 valence electrons.